The Hall–Kier alpha value is -2.01. The van der Waals surface area contributed by atoms with Crippen molar-refractivity contribution in [3.8, 4) is 11.5 Å². The maximum Gasteiger partial charge on any atom is 0.148 e. The molecule has 0 saturated carbocycles. The Bertz CT molecular complexity index is 726. The van der Waals surface area contributed by atoms with Gasteiger partial charge in [0.1, 0.15) is 22.8 Å². The van der Waals surface area contributed by atoms with Gasteiger partial charge in [0.05, 0.1) is 20.3 Å². The smallest absolute Gasteiger partial charge is 0.148 e. The van der Waals surface area contributed by atoms with E-state index in [0.717, 1.165) is 54.2 Å². The number of aryl methyl sites for hydroxylation is 1. The van der Waals surface area contributed by atoms with E-state index in [-0.39, 0.29) is 0 Å². The van der Waals surface area contributed by atoms with E-state index in [0.29, 0.717) is 6.10 Å². The molecule has 0 amide bonds. The Labute approximate surface area is 149 Å². The molecule has 1 fully saturated rings. The number of pyridine rings is 1. The zero-order valence-corrected chi connectivity index (χ0v) is 15.7. The molecule has 5 nitrogen and oxygen atoms in total. The number of hydrogen-bond acceptors (Lipinski definition) is 5. The lowest BCUT2D eigenvalue weighted by Gasteiger charge is -2.21. The third-order valence-electron chi connectivity index (χ3n) is 4.94. The van der Waals surface area contributed by atoms with Crippen LogP contribution < -0.4 is 14.4 Å². The topological polar surface area (TPSA) is 43.8 Å². The zero-order chi connectivity index (χ0) is 17.8. The molecule has 0 spiro atoms. The maximum absolute atomic E-state index is 5.71. The lowest BCUT2D eigenvalue weighted by atomic mass is 10.1. The molecule has 1 atom stereocenters. The van der Waals surface area contributed by atoms with Gasteiger partial charge in [0.15, 0.2) is 0 Å². The number of aromatic nitrogens is 1. The fourth-order valence-electron chi connectivity index (χ4n) is 3.43. The monoisotopic (exact) mass is 344 g/mol. The van der Waals surface area contributed by atoms with Crippen LogP contribution in [-0.4, -0.2) is 45.5 Å². The highest BCUT2D eigenvalue weighted by Gasteiger charge is 2.16. The molecule has 1 aromatic heterocycles. The third-order valence-corrected chi connectivity index (χ3v) is 4.94. The normalized spacial score (nSPS) is 17.0. The van der Waals surface area contributed by atoms with Crippen LogP contribution in [0.4, 0.5) is 5.82 Å². The van der Waals surface area contributed by atoms with E-state index in [2.05, 4.69) is 24.9 Å². The summed E-state index contributed by atoms with van der Waals surface area (Å²) < 4.78 is 16.6. The van der Waals surface area contributed by atoms with E-state index in [1.165, 1.54) is 18.4 Å². The fraction of sp³-hybridized carbons (Fsp3) is 0.550. The summed E-state index contributed by atoms with van der Waals surface area (Å²) >= 11 is 0. The molecule has 2 aromatic rings. The number of ether oxygens (including phenoxy) is 3. The zero-order valence-electron chi connectivity index (χ0n) is 15.7. The fourth-order valence-corrected chi connectivity index (χ4v) is 3.43. The first-order valence-electron chi connectivity index (χ1n) is 8.98. The van der Waals surface area contributed by atoms with Crippen LogP contribution in [0.5, 0.6) is 11.5 Å². The van der Waals surface area contributed by atoms with Crippen molar-refractivity contribution in [1.29, 1.82) is 0 Å². The first-order chi connectivity index (χ1) is 12.1. The summed E-state index contributed by atoms with van der Waals surface area (Å²) in [5, 5.41) is 1.06. The highest BCUT2D eigenvalue weighted by atomic mass is 16.5. The SMILES string of the molecule is COc1cc(OC)c2nc(N(C)CCCC3CCCO3)cc(C)c2c1. The number of rotatable bonds is 7. The number of nitrogens with zero attached hydrogens (tertiary/aromatic N) is 2. The first-order valence-corrected chi connectivity index (χ1v) is 8.98. The van der Waals surface area contributed by atoms with Gasteiger partial charge in [0.25, 0.3) is 0 Å². The summed E-state index contributed by atoms with van der Waals surface area (Å²) in [6, 6.07) is 6.03. The molecule has 0 aliphatic carbocycles. The molecule has 1 unspecified atom stereocenters. The Morgan fingerprint density at radius 2 is 2.08 bits per heavy atom. The van der Waals surface area contributed by atoms with Crippen LogP contribution in [0.2, 0.25) is 0 Å². The highest BCUT2D eigenvalue weighted by Crippen LogP contribution is 2.33. The van der Waals surface area contributed by atoms with Crippen LogP contribution in [0.15, 0.2) is 18.2 Å². The second-order valence-electron chi connectivity index (χ2n) is 6.72. The van der Waals surface area contributed by atoms with Crippen LogP contribution in [0.3, 0.4) is 0 Å². The van der Waals surface area contributed by atoms with Crippen molar-refractivity contribution in [2.24, 2.45) is 0 Å². The Morgan fingerprint density at radius 3 is 2.76 bits per heavy atom. The van der Waals surface area contributed by atoms with Gasteiger partial charge < -0.3 is 19.1 Å². The number of benzene rings is 1. The van der Waals surface area contributed by atoms with Crippen molar-refractivity contribution in [2.45, 2.75) is 38.7 Å². The number of methoxy groups -OCH3 is 2. The molecule has 136 valence electrons. The van der Waals surface area contributed by atoms with Gasteiger partial charge in [0, 0.05) is 31.7 Å². The molecule has 2 heterocycles. The van der Waals surface area contributed by atoms with Crippen molar-refractivity contribution < 1.29 is 14.2 Å². The lowest BCUT2D eigenvalue weighted by Crippen LogP contribution is -2.21. The van der Waals surface area contributed by atoms with E-state index >= 15 is 0 Å². The molecule has 1 aromatic carbocycles. The van der Waals surface area contributed by atoms with Crippen molar-refractivity contribution in [3.63, 3.8) is 0 Å². The van der Waals surface area contributed by atoms with E-state index in [1.807, 2.05) is 12.1 Å². The van der Waals surface area contributed by atoms with E-state index < -0.39 is 0 Å². The summed E-state index contributed by atoms with van der Waals surface area (Å²) in [6.45, 7) is 4.00. The average Bonchev–Trinajstić information content (AvgIpc) is 3.14. The Kier molecular flexibility index (Phi) is 5.63. The third kappa shape index (κ3) is 3.98. The second kappa shape index (κ2) is 7.91. The molecule has 3 rings (SSSR count). The summed E-state index contributed by atoms with van der Waals surface area (Å²) in [4.78, 5) is 7.06. The van der Waals surface area contributed by atoms with Crippen LogP contribution in [0, 0.1) is 6.92 Å². The summed E-state index contributed by atoms with van der Waals surface area (Å²) in [5.41, 5.74) is 2.05. The van der Waals surface area contributed by atoms with Crippen LogP contribution in [0.1, 0.15) is 31.2 Å². The molecule has 1 aliphatic rings. The minimum atomic E-state index is 0.451. The molecule has 1 aliphatic heterocycles. The number of fused-ring (bicyclic) bond motifs is 1. The minimum Gasteiger partial charge on any atom is -0.497 e. The lowest BCUT2D eigenvalue weighted by molar-refractivity contribution is 0.103. The Balaban J connectivity index is 1.78. The second-order valence-corrected chi connectivity index (χ2v) is 6.72. The van der Waals surface area contributed by atoms with Crippen LogP contribution >= 0.6 is 0 Å². The summed E-state index contributed by atoms with van der Waals surface area (Å²) in [6.07, 6.45) is 5.09. The van der Waals surface area contributed by atoms with Crippen molar-refractivity contribution in [3.05, 3.63) is 23.8 Å². The molecular weight excluding hydrogens is 316 g/mol. The Morgan fingerprint density at radius 1 is 1.24 bits per heavy atom. The largest absolute Gasteiger partial charge is 0.497 e. The van der Waals surface area contributed by atoms with E-state index in [1.54, 1.807) is 14.2 Å². The number of hydrogen-bond donors (Lipinski definition) is 0. The molecular formula is C20H28N2O3. The summed E-state index contributed by atoms with van der Waals surface area (Å²) in [7, 11) is 5.43. The van der Waals surface area contributed by atoms with E-state index in [9.17, 15) is 0 Å². The highest BCUT2D eigenvalue weighted by molar-refractivity contribution is 5.90. The van der Waals surface area contributed by atoms with Gasteiger partial charge in [0.2, 0.25) is 0 Å². The molecule has 5 heteroatoms. The molecule has 0 bridgehead atoms. The average molecular weight is 344 g/mol. The van der Waals surface area contributed by atoms with Gasteiger partial charge in [-0.1, -0.05) is 0 Å². The molecule has 0 N–H and O–H groups in total. The van der Waals surface area contributed by atoms with Crippen LogP contribution in [-0.2, 0) is 4.74 Å². The van der Waals surface area contributed by atoms with Gasteiger partial charge >= 0.3 is 0 Å². The first kappa shape index (κ1) is 17.8. The van der Waals surface area contributed by atoms with Gasteiger partial charge in [-0.3, -0.25) is 0 Å². The van der Waals surface area contributed by atoms with Crippen molar-refractivity contribution >= 4 is 16.7 Å². The predicted molar refractivity (Wildman–Crippen MR) is 101 cm³/mol. The van der Waals surface area contributed by atoms with Gasteiger partial charge in [-0.15, -0.1) is 0 Å². The van der Waals surface area contributed by atoms with Gasteiger partial charge in [-0.2, -0.15) is 0 Å². The van der Waals surface area contributed by atoms with Crippen molar-refractivity contribution in [1.82, 2.24) is 4.98 Å². The standard InChI is InChI=1S/C20H28N2O3/c1-14-11-19(22(2)9-5-7-15-8-6-10-25-15)21-20-17(14)12-16(23-3)13-18(20)24-4/h11-13,15H,5-10H2,1-4H3. The maximum atomic E-state index is 5.71. The van der Waals surface area contributed by atoms with Gasteiger partial charge in [-0.25, -0.2) is 4.98 Å². The molecule has 25 heavy (non-hydrogen) atoms. The molecule has 0 radical (unpaired) electrons. The quantitative estimate of drug-likeness (QED) is 0.761. The van der Waals surface area contributed by atoms with E-state index in [4.69, 9.17) is 19.2 Å². The number of anilines is 1. The van der Waals surface area contributed by atoms with Gasteiger partial charge in [-0.05, 0) is 50.3 Å². The summed E-state index contributed by atoms with van der Waals surface area (Å²) in [5.74, 6) is 2.50. The van der Waals surface area contributed by atoms with Crippen LogP contribution in [0.25, 0.3) is 10.9 Å². The van der Waals surface area contributed by atoms with Crippen molar-refractivity contribution in [2.75, 3.05) is 39.3 Å². The molecule has 1 saturated heterocycles. The predicted octanol–water partition coefficient (Wildman–Crippen LogP) is 3.96. The minimum absolute atomic E-state index is 0.451.